The fourth-order valence-electron chi connectivity index (χ4n) is 3.03. The van der Waals surface area contributed by atoms with Crippen molar-refractivity contribution in [3.63, 3.8) is 0 Å². The zero-order valence-electron chi connectivity index (χ0n) is 13.6. The lowest BCUT2D eigenvalue weighted by Gasteiger charge is -2.36. The van der Waals surface area contributed by atoms with Crippen LogP contribution in [0.2, 0.25) is 0 Å². The predicted molar refractivity (Wildman–Crippen MR) is 89.5 cm³/mol. The van der Waals surface area contributed by atoms with Gasteiger partial charge in [-0.15, -0.1) is 11.6 Å². The van der Waals surface area contributed by atoms with Crippen molar-refractivity contribution in [1.82, 2.24) is 9.80 Å². The van der Waals surface area contributed by atoms with Crippen LogP contribution in [0, 0.1) is 6.92 Å². The lowest BCUT2D eigenvalue weighted by molar-refractivity contribution is 0.144. The van der Waals surface area contributed by atoms with Gasteiger partial charge in [0.05, 0.1) is 12.5 Å². The summed E-state index contributed by atoms with van der Waals surface area (Å²) in [7, 11) is 6.09. The number of methoxy groups -OCH3 is 1. The highest BCUT2D eigenvalue weighted by Crippen LogP contribution is 2.32. The maximum absolute atomic E-state index is 6.67. The quantitative estimate of drug-likeness (QED) is 0.776. The monoisotopic (exact) mass is 310 g/mol. The van der Waals surface area contributed by atoms with E-state index in [4.69, 9.17) is 16.3 Å². The number of nitrogens with zero attached hydrogens (tertiary/aromatic N) is 2. The summed E-state index contributed by atoms with van der Waals surface area (Å²) in [5.41, 5.74) is 2.32. The van der Waals surface area contributed by atoms with Crippen molar-refractivity contribution in [2.75, 3.05) is 40.8 Å². The number of aryl methyl sites for hydroxylation is 1. The van der Waals surface area contributed by atoms with Gasteiger partial charge >= 0.3 is 0 Å². The van der Waals surface area contributed by atoms with E-state index in [9.17, 15) is 0 Å². The number of likely N-dealkylation sites (tertiary alicyclic amines) is 1. The van der Waals surface area contributed by atoms with E-state index in [1.165, 1.54) is 31.5 Å². The zero-order chi connectivity index (χ0) is 15.4. The van der Waals surface area contributed by atoms with Gasteiger partial charge in [0.1, 0.15) is 5.75 Å². The Hall–Kier alpha value is -0.770. The Balaban J connectivity index is 2.00. The Morgan fingerprint density at radius 2 is 2.05 bits per heavy atom. The Kier molecular flexibility index (Phi) is 5.91. The molecule has 0 spiro atoms. The van der Waals surface area contributed by atoms with Crippen LogP contribution in [0.1, 0.15) is 29.3 Å². The SMILES string of the molecule is COc1ccc(C)cc1C(Cl)CN(C)C1CCN(C)CC1. The molecule has 0 aromatic heterocycles. The second-order valence-corrected chi connectivity index (χ2v) is 6.71. The van der Waals surface area contributed by atoms with Gasteiger partial charge in [0.15, 0.2) is 0 Å². The number of likely N-dealkylation sites (N-methyl/N-ethyl adjacent to an activating group) is 1. The van der Waals surface area contributed by atoms with Crippen LogP contribution in [-0.2, 0) is 0 Å². The predicted octanol–water partition coefficient (Wildman–Crippen LogP) is 3.31. The molecule has 0 amide bonds. The van der Waals surface area contributed by atoms with Crippen molar-refractivity contribution in [2.45, 2.75) is 31.2 Å². The van der Waals surface area contributed by atoms with E-state index in [2.05, 4.69) is 43.0 Å². The number of hydrogen-bond donors (Lipinski definition) is 0. The maximum atomic E-state index is 6.67. The Labute approximate surface area is 133 Å². The van der Waals surface area contributed by atoms with Gasteiger partial charge in [0.25, 0.3) is 0 Å². The molecule has 0 N–H and O–H groups in total. The largest absolute Gasteiger partial charge is 0.496 e. The van der Waals surface area contributed by atoms with Gasteiger partial charge < -0.3 is 14.5 Å². The number of rotatable bonds is 5. The fourth-order valence-corrected chi connectivity index (χ4v) is 3.42. The molecule has 21 heavy (non-hydrogen) atoms. The summed E-state index contributed by atoms with van der Waals surface area (Å²) in [5, 5.41) is -0.0375. The van der Waals surface area contributed by atoms with Gasteiger partial charge in [-0.25, -0.2) is 0 Å². The minimum Gasteiger partial charge on any atom is -0.496 e. The van der Waals surface area contributed by atoms with E-state index < -0.39 is 0 Å². The molecule has 1 atom stereocenters. The molecule has 0 radical (unpaired) electrons. The van der Waals surface area contributed by atoms with Crippen molar-refractivity contribution in [3.05, 3.63) is 29.3 Å². The first-order chi connectivity index (χ1) is 10.0. The summed E-state index contributed by atoms with van der Waals surface area (Å²) in [6.07, 6.45) is 2.45. The van der Waals surface area contributed by atoms with Crippen molar-refractivity contribution in [3.8, 4) is 5.75 Å². The number of halogens is 1. The van der Waals surface area contributed by atoms with Crippen LogP contribution in [-0.4, -0.2) is 56.7 Å². The van der Waals surface area contributed by atoms with E-state index in [-0.39, 0.29) is 5.38 Å². The molecular weight excluding hydrogens is 284 g/mol. The lowest BCUT2D eigenvalue weighted by atomic mass is 10.0. The van der Waals surface area contributed by atoms with E-state index in [1.54, 1.807) is 7.11 Å². The first-order valence-corrected chi connectivity index (χ1v) is 8.12. The lowest BCUT2D eigenvalue weighted by Crippen LogP contribution is -2.42. The van der Waals surface area contributed by atoms with Crippen LogP contribution in [0.3, 0.4) is 0 Å². The molecule has 2 rings (SSSR count). The van der Waals surface area contributed by atoms with Crippen LogP contribution in [0.15, 0.2) is 18.2 Å². The molecule has 4 heteroatoms. The number of benzene rings is 1. The van der Waals surface area contributed by atoms with Crippen LogP contribution in [0.5, 0.6) is 5.75 Å². The smallest absolute Gasteiger partial charge is 0.123 e. The van der Waals surface area contributed by atoms with Crippen LogP contribution in [0.25, 0.3) is 0 Å². The molecule has 1 heterocycles. The molecule has 3 nitrogen and oxygen atoms in total. The average Bonchev–Trinajstić information content (AvgIpc) is 2.47. The van der Waals surface area contributed by atoms with Crippen LogP contribution in [0.4, 0.5) is 0 Å². The number of ether oxygens (including phenoxy) is 1. The minimum atomic E-state index is -0.0375. The first-order valence-electron chi connectivity index (χ1n) is 7.68. The Morgan fingerprint density at radius 1 is 1.38 bits per heavy atom. The molecule has 1 aliphatic rings. The van der Waals surface area contributed by atoms with E-state index >= 15 is 0 Å². The summed E-state index contributed by atoms with van der Waals surface area (Å²) >= 11 is 6.67. The maximum Gasteiger partial charge on any atom is 0.123 e. The second kappa shape index (κ2) is 7.48. The first kappa shape index (κ1) is 16.6. The van der Waals surface area contributed by atoms with Crippen molar-refractivity contribution in [2.24, 2.45) is 0 Å². The normalized spacial score (nSPS) is 19.0. The molecule has 1 saturated heterocycles. The second-order valence-electron chi connectivity index (χ2n) is 6.19. The van der Waals surface area contributed by atoms with Gasteiger partial charge in [-0.05, 0) is 53.0 Å². The van der Waals surface area contributed by atoms with E-state index in [1.807, 2.05) is 6.07 Å². The Morgan fingerprint density at radius 3 is 2.67 bits per heavy atom. The molecule has 1 unspecified atom stereocenters. The van der Waals surface area contributed by atoms with Crippen molar-refractivity contribution < 1.29 is 4.74 Å². The molecule has 1 aromatic carbocycles. The molecular formula is C17H27ClN2O. The highest BCUT2D eigenvalue weighted by molar-refractivity contribution is 6.21. The van der Waals surface area contributed by atoms with Gasteiger partial charge in [0, 0.05) is 18.2 Å². The fraction of sp³-hybridized carbons (Fsp3) is 0.647. The topological polar surface area (TPSA) is 15.7 Å². The summed E-state index contributed by atoms with van der Waals surface area (Å²) in [4.78, 5) is 4.80. The molecule has 0 bridgehead atoms. The van der Waals surface area contributed by atoms with Gasteiger partial charge in [0.2, 0.25) is 0 Å². The minimum absolute atomic E-state index is 0.0375. The molecule has 0 saturated carbocycles. The third-order valence-corrected chi connectivity index (χ3v) is 4.86. The van der Waals surface area contributed by atoms with E-state index in [0.717, 1.165) is 17.9 Å². The number of piperidine rings is 1. The summed E-state index contributed by atoms with van der Waals surface area (Å²) < 4.78 is 5.45. The van der Waals surface area contributed by atoms with Gasteiger partial charge in [-0.1, -0.05) is 17.7 Å². The van der Waals surface area contributed by atoms with Crippen LogP contribution < -0.4 is 4.74 Å². The van der Waals surface area contributed by atoms with E-state index in [0.29, 0.717) is 6.04 Å². The summed E-state index contributed by atoms with van der Waals surface area (Å²) in [5.74, 6) is 0.886. The third-order valence-electron chi connectivity index (χ3n) is 4.48. The highest BCUT2D eigenvalue weighted by atomic mass is 35.5. The summed E-state index contributed by atoms with van der Waals surface area (Å²) in [6.45, 7) is 5.30. The molecule has 1 aliphatic heterocycles. The standard InChI is InChI=1S/C17H27ClN2O/c1-13-5-6-17(21-4)15(11-13)16(18)12-20(3)14-7-9-19(2)10-8-14/h5-6,11,14,16H,7-10,12H2,1-4H3. The average molecular weight is 311 g/mol. The van der Waals surface area contributed by atoms with Gasteiger partial charge in [-0.2, -0.15) is 0 Å². The third kappa shape index (κ3) is 4.35. The Bertz CT molecular complexity index is 458. The molecule has 1 fully saturated rings. The molecule has 1 aromatic rings. The highest BCUT2D eigenvalue weighted by Gasteiger charge is 2.23. The molecule has 0 aliphatic carbocycles. The zero-order valence-corrected chi connectivity index (χ0v) is 14.4. The molecule has 118 valence electrons. The number of alkyl halides is 1. The van der Waals surface area contributed by atoms with Crippen LogP contribution >= 0.6 is 11.6 Å². The van der Waals surface area contributed by atoms with Crippen molar-refractivity contribution in [1.29, 1.82) is 0 Å². The van der Waals surface area contributed by atoms with Crippen molar-refractivity contribution >= 4 is 11.6 Å². The van der Waals surface area contributed by atoms with Gasteiger partial charge in [-0.3, -0.25) is 0 Å². The number of hydrogen-bond acceptors (Lipinski definition) is 3. The summed E-state index contributed by atoms with van der Waals surface area (Å²) in [6, 6.07) is 6.85.